The number of esters is 1. The summed E-state index contributed by atoms with van der Waals surface area (Å²) in [6.45, 7) is 3.05. The third-order valence-electron chi connectivity index (χ3n) is 4.36. The number of ether oxygens (including phenoxy) is 1. The number of nitrogens with one attached hydrogen (secondary N) is 1. The normalized spacial score (nSPS) is 13.7. The van der Waals surface area contributed by atoms with Crippen LogP contribution < -0.4 is 5.32 Å². The molecule has 0 saturated carbocycles. The minimum Gasteiger partial charge on any atom is -0.466 e. The Morgan fingerprint density at radius 1 is 1.19 bits per heavy atom. The molecule has 0 saturated heterocycles. The fourth-order valence-electron chi connectivity index (χ4n) is 2.92. The van der Waals surface area contributed by atoms with Gasteiger partial charge in [-0.3, -0.25) is 4.79 Å². The van der Waals surface area contributed by atoms with E-state index in [4.69, 9.17) is 16.3 Å². The Hall–Kier alpha value is -2.01. The lowest BCUT2D eigenvalue weighted by molar-refractivity contribution is -0.143. The molecule has 0 atom stereocenters. The van der Waals surface area contributed by atoms with Gasteiger partial charge in [-0.2, -0.15) is 0 Å². The molecule has 2 rings (SSSR count). The van der Waals surface area contributed by atoms with Crippen LogP contribution in [0.3, 0.4) is 0 Å². The van der Waals surface area contributed by atoms with Gasteiger partial charge in [-0.1, -0.05) is 23.3 Å². The number of allylic oxidation sites excluding steroid dienone is 1. The van der Waals surface area contributed by atoms with E-state index in [0.29, 0.717) is 30.4 Å². The number of urea groups is 1. The molecule has 1 aromatic rings. The second kappa shape index (κ2) is 10.9. The number of hydrogen-bond donors (Lipinski definition) is 1. The lowest BCUT2D eigenvalue weighted by Crippen LogP contribution is -2.37. The molecule has 6 heteroatoms. The molecule has 0 radical (unpaired) electrons. The Morgan fingerprint density at radius 3 is 2.62 bits per heavy atom. The lowest BCUT2D eigenvalue weighted by Gasteiger charge is -2.24. The van der Waals surface area contributed by atoms with Crippen molar-refractivity contribution in [3.63, 3.8) is 0 Å². The number of amides is 2. The van der Waals surface area contributed by atoms with Gasteiger partial charge in [-0.25, -0.2) is 4.79 Å². The van der Waals surface area contributed by atoms with E-state index >= 15 is 0 Å². The van der Waals surface area contributed by atoms with Gasteiger partial charge in [-0.05, 0) is 63.3 Å². The van der Waals surface area contributed by atoms with Crippen molar-refractivity contribution in [3.8, 4) is 0 Å². The van der Waals surface area contributed by atoms with Gasteiger partial charge in [0.1, 0.15) is 0 Å². The van der Waals surface area contributed by atoms with Gasteiger partial charge in [0, 0.05) is 23.8 Å². The topological polar surface area (TPSA) is 58.6 Å². The largest absolute Gasteiger partial charge is 0.466 e. The van der Waals surface area contributed by atoms with Gasteiger partial charge in [0.15, 0.2) is 0 Å². The van der Waals surface area contributed by atoms with Crippen LogP contribution in [0.2, 0.25) is 5.02 Å². The summed E-state index contributed by atoms with van der Waals surface area (Å²) in [4.78, 5) is 26.0. The van der Waals surface area contributed by atoms with Gasteiger partial charge in [0.25, 0.3) is 0 Å². The monoisotopic (exact) mass is 378 g/mol. The molecule has 1 aliphatic carbocycles. The number of benzene rings is 1. The van der Waals surface area contributed by atoms with E-state index in [9.17, 15) is 9.59 Å². The van der Waals surface area contributed by atoms with Crippen LogP contribution >= 0.6 is 11.6 Å². The molecular weight excluding hydrogens is 352 g/mol. The number of carbonyl (C=O) groups is 2. The molecule has 0 bridgehead atoms. The van der Waals surface area contributed by atoms with Crippen LogP contribution in [0.1, 0.15) is 45.4 Å². The van der Waals surface area contributed by atoms with Gasteiger partial charge < -0.3 is 15.0 Å². The quantitative estimate of drug-likeness (QED) is 0.510. The Balaban J connectivity index is 1.95. The van der Waals surface area contributed by atoms with Crippen molar-refractivity contribution >= 4 is 29.3 Å². The molecule has 26 heavy (non-hydrogen) atoms. The summed E-state index contributed by atoms with van der Waals surface area (Å²) in [5.41, 5.74) is 2.08. The maximum atomic E-state index is 12.7. The van der Waals surface area contributed by atoms with E-state index < -0.39 is 0 Å². The smallest absolute Gasteiger partial charge is 0.321 e. The van der Waals surface area contributed by atoms with Crippen LogP contribution in [-0.4, -0.2) is 36.6 Å². The first-order valence-corrected chi connectivity index (χ1v) is 9.61. The molecule has 1 aromatic carbocycles. The van der Waals surface area contributed by atoms with Gasteiger partial charge >= 0.3 is 12.0 Å². The maximum absolute atomic E-state index is 12.7. The van der Waals surface area contributed by atoms with Crippen molar-refractivity contribution in [1.82, 2.24) is 4.90 Å². The first kappa shape index (κ1) is 20.3. The summed E-state index contributed by atoms with van der Waals surface area (Å²) in [5.74, 6) is -0.284. The molecule has 5 nitrogen and oxygen atoms in total. The number of nitrogens with zero attached hydrogens (tertiary/aromatic N) is 1. The van der Waals surface area contributed by atoms with Gasteiger partial charge in [0.05, 0.1) is 13.0 Å². The van der Waals surface area contributed by atoms with E-state index in [1.54, 1.807) is 36.1 Å². The third kappa shape index (κ3) is 7.08. The SMILES string of the molecule is CCOC(=O)CCN(CCC1=CCCCC1)C(=O)Nc1ccc(Cl)cc1. The number of rotatable bonds is 8. The summed E-state index contributed by atoms with van der Waals surface area (Å²) >= 11 is 5.88. The van der Waals surface area contributed by atoms with Gasteiger partial charge in [-0.15, -0.1) is 0 Å². The second-order valence-corrected chi connectivity index (χ2v) is 6.77. The lowest BCUT2D eigenvalue weighted by atomic mass is 9.97. The zero-order chi connectivity index (χ0) is 18.8. The minimum atomic E-state index is -0.284. The molecule has 0 aliphatic heterocycles. The van der Waals surface area contributed by atoms with Crippen molar-refractivity contribution in [3.05, 3.63) is 40.9 Å². The molecular formula is C20H27ClN2O3. The molecule has 1 aliphatic rings. The summed E-state index contributed by atoms with van der Waals surface area (Å²) in [6, 6.07) is 6.76. The van der Waals surface area contributed by atoms with Crippen molar-refractivity contribution in [2.75, 3.05) is 25.0 Å². The maximum Gasteiger partial charge on any atom is 0.321 e. The number of halogens is 1. The highest BCUT2D eigenvalue weighted by atomic mass is 35.5. The predicted octanol–water partition coefficient (Wildman–Crippen LogP) is 5.02. The van der Waals surface area contributed by atoms with E-state index in [0.717, 1.165) is 19.3 Å². The molecule has 2 amide bonds. The highest BCUT2D eigenvalue weighted by molar-refractivity contribution is 6.30. The third-order valence-corrected chi connectivity index (χ3v) is 4.61. The Bertz CT molecular complexity index is 628. The summed E-state index contributed by atoms with van der Waals surface area (Å²) in [6.07, 6.45) is 8.00. The van der Waals surface area contributed by atoms with Crippen LogP contribution in [-0.2, 0) is 9.53 Å². The average Bonchev–Trinajstić information content (AvgIpc) is 2.64. The molecule has 1 N–H and O–H groups in total. The number of carbonyl (C=O) groups excluding carboxylic acids is 2. The fraction of sp³-hybridized carbons (Fsp3) is 0.500. The van der Waals surface area contributed by atoms with Crippen LogP contribution in [0.25, 0.3) is 0 Å². The molecule has 0 heterocycles. The Labute approximate surface area is 160 Å². The molecule has 0 unspecified atom stereocenters. The predicted molar refractivity (Wildman–Crippen MR) is 104 cm³/mol. The first-order valence-electron chi connectivity index (χ1n) is 9.23. The summed E-state index contributed by atoms with van der Waals surface area (Å²) in [7, 11) is 0. The first-order chi connectivity index (χ1) is 12.6. The molecule has 142 valence electrons. The van der Waals surface area contributed by atoms with Crippen molar-refractivity contribution in [2.24, 2.45) is 0 Å². The number of hydrogen-bond acceptors (Lipinski definition) is 3. The summed E-state index contributed by atoms with van der Waals surface area (Å²) < 4.78 is 4.97. The van der Waals surface area contributed by atoms with Crippen LogP contribution in [0, 0.1) is 0 Å². The Kier molecular flexibility index (Phi) is 8.48. The zero-order valence-corrected chi connectivity index (χ0v) is 16.1. The molecule has 0 fully saturated rings. The van der Waals surface area contributed by atoms with Crippen LogP contribution in [0.15, 0.2) is 35.9 Å². The van der Waals surface area contributed by atoms with Crippen molar-refractivity contribution in [2.45, 2.75) is 45.4 Å². The second-order valence-electron chi connectivity index (χ2n) is 6.34. The summed E-state index contributed by atoms with van der Waals surface area (Å²) in [5, 5.41) is 3.49. The highest BCUT2D eigenvalue weighted by Gasteiger charge is 2.17. The van der Waals surface area contributed by atoms with E-state index in [1.165, 1.54) is 18.4 Å². The van der Waals surface area contributed by atoms with Gasteiger partial charge in [0.2, 0.25) is 0 Å². The van der Waals surface area contributed by atoms with E-state index in [2.05, 4.69) is 11.4 Å². The van der Waals surface area contributed by atoms with Crippen molar-refractivity contribution < 1.29 is 14.3 Å². The standard InChI is InChI=1S/C20H27ClN2O3/c1-2-26-19(24)13-15-23(14-12-16-6-4-3-5-7-16)20(25)22-18-10-8-17(21)9-11-18/h6,8-11H,2-5,7,12-15H2,1H3,(H,22,25). The number of anilines is 1. The average molecular weight is 379 g/mol. The van der Waals surface area contributed by atoms with Crippen molar-refractivity contribution in [1.29, 1.82) is 0 Å². The molecule has 0 aromatic heterocycles. The minimum absolute atomic E-state index is 0.195. The zero-order valence-electron chi connectivity index (χ0n) is 15.3. The fourth-order valence-corrected chi connectivity index (χ4v) is 3.05. The molecule has 0 spiro atoms. The van der Waals surface area contributed by atoms with E-state index in [-0.39, 0.29) is 18.4 Å². The van der Waals surface area contributed by atoms with Crippen LogP contribution in [0.4, 0.5) is 10.5 Å². The van der Waals surface area contributed by atoms with E-state index in [1.807, 2.05) is 0 Å². The Morgan fingerprint density at radius 2 is 1.96 bits per heavy atom. The van der Waals surface area contributed by atoms with Crippen LogP contribution in [0.5, 0.6) is 0 Å². The highest BCUT2D eigenvalue weighted by Crippen LogP contribution is 2.21.